The Kier molecular flexibility index (Phi) is 11.9. The van der Waals surface area contributed by atoms with Crippen LogP contribution in [0, 0.1) is 5.92 Å². The predicted octanol–water partition coefficient (Wildman–Crippen LogP) is 0.327. The number of hydrogen-bond acceptors (Lipinski definition) is 8. The van der Waals surface area contributed by atoms with E-state index in [1.54, 1.807) is 27.0 Å². The van der Waals surface area contributed by atoms with Crippen molar-refractivity contribution in [3.05, 3.63) is 36.0 Å². The molecule has 2 heterocycles. The Morgan fingerprint density at radius 1 is 0.826 bits per heavy atom. The molecule has 252 valence electrons. The number of hydrogen-bond donors (Lipinski definition) is 7. The number of aliphatic hydroxyl groups excluding tert-OH is 1. The summed E-state index contributed by atoms with van der Waals surface area (Å²) in [7, 11) is 0. The van der Waals surface area contributed by atoms with Gasteiger partial charge in [-0.15, -0.1) is 0 Å². The van der Waals surface area contributed by atoms with Gasteiger partial charge in [-0.2, -0.15) is 0 Å². The summed E-state index contributed by atoms with van der Waals surface area (Å²) in [6.45, 7) is 11.3. The van der Waals surface area contributed by atoms with Crippen LogP contribution >= 0.6 is 0 Å². The molecule has 7 N–H and O–H groups in total. The molecular formula is C32H46N6O8. The van der Waals surface area contributed by atoms with Gasteiger partial charge in [0.25, 0.3) is 0 Å². The van der Waals surface area contributed by atoms with Crippen molar-refractivity contribution in [2.24, 2.45) is 5.92 Å². The molecule has 0 radical (unpaired) electrons. The minimum absolute atomic E-state index is 0.00253. The summed E-state index contributed by atoms with van der Waals surface area (Å²) in [5.74, 6) is -4.81. The topological polar surface area (TPSA) is 208 Å². The molecule has 46 heavy (non-hydrogen) atoms. The first-order valence-electron chi connectivity index (χ1n) is 15.4. The number of amides is 5. The second kappa shape index (κ2) is 15.2. The fourth-order valence-electron chi connectivity index (χ4n) is 5.06. The molecule has 1 aromatic heterocycles. The van der Waals surface area contributed by atoms with Crippen molar-refractivity contribution in [2.75, 3.05) is 0 Å². The molecule has 0 spiro atoms. The van der Waals surface area contributed by atoms with Crippen LogP contribution < -0.4 is 26.6 Å². The first-order valence-corrected chi connectivity index (χ1v) is 15.4. The summed E-state index contributed by atoms with van der Waals surface area (Å²) in [4.78, 5) is 83.3. The molecule has 0 unspecified atom stereocenters. The summed E-state index contributed by atoms with van der Waals surface area (Å²) in [5, 5.41) is 24.0. The maximum absolute atomic E-state index is 13.9. The van der Waals surface area contributed by atoms with Crippen LogP contribution in [0.15, 0.2) is 30.5 Å². The largest absolute Gasteiger partial charge is 0.460 e. The van der Waals surface area contributed by atoms with Crippen molar-refractivity contribution in [3.8, 4) is 0 Å². The smallest absolute Gasteiger partial charge is 0.308 e. The number of nitrogens with one attached hydrogen (secondary N) is 6. The number of fused-ring (bicyclic) bond motifs is 1. The molecule has 1 fully saturated rings. The van der Waals surface area contributed by atoms with Gasteiger partial charge >= 0.3 is 5.97 Å². The van der Waals surface area contributed by atoms with Crippen LogP contribution in [-0.4, -0.2) is 87.5 Å². The van der Waals surface area contributed by atoms with Gasteiger partial charge in [-0.1, -0.05) is 32.0 Å². The SMILES string of the molecule is CC(C)C[C@@H]1NC(=O)[C@@H]([C@@H](C)O)NC(=O)[C@H](C)NC(=O)[C@@H](CC(=O)OC(C)(C)C)NC(=O)[C@@H](Cc2c[nH]c3ccccc23)NC1=O. The number of carbonyl (C=O) groups excluding carboxylic acids is 6. The van der Waals surface area contributed by atoms with Gasteiger partial charge in [-0.05, 0) is 58.6 Å². The zero-order chi connectivity index (χ0) is 34.3. The summed E-state index contributed by atoms with van der Waals surface area (Å²) in [5.41, 5.74) is 0.630. The number of rotatable bonds is 7. The second-order valence-electron chi connectivity index (χ2n) is 13.1. The number of H-pyrrole nitrogens is 1. The van der Waals surface area contributed by atoms with E-state index in [-0.39, 0.29) is 18.8 Å². The van der Waals surface area contributed by atoms with Gasteiger partial charge in [0.1, 0.15) is 35.8 Å². The van der Waals surface area contributed by atoms with Crippen molar-refractivity contribution in [2.45, 2.75) is 110 Å². The number of esters is 1. The monoisotopic (exact) mass is 642 g/mol. The van der Waals surface area contributed by atoms with Crippen LogP contribution in [-0.2, 0) is 39.9 Å². The zero-order valence-electron chi connectivity index (χ0n) is 27.4. The molecule has 0 saturated carbocycles. The van der Waals surface area contributed by atoms with E-state index in [4.69, 9.17) is 4.74 Å². The lowest BCUT2D eigenvalue weighted by molar-refractivity contribution is -0.156. The molecule has 14 nitrogen and oxygen atoms in total. The number of benzene rings is 1. The Morgan fingerprint density at radius 2 is 1.41 bits per heavy atom. The number of aliphatic hydroxyl groups is 1. The Balaban J connectivity index is 2.07. The van der Waals surface area contributed by atoms with Crippen LogP contribution in [0.2, 0.25) is 0 Å². The Labute approximate surface area is 268 Å². The highest BCUT2D eigenvalue weighted by molar-refractivity contribution is 5.99. The van der Waals surface area contributed by atoms with Gasteiger partial charge in [0.2, 0.25) is 29.5 Å². The average molecular weight is 643 g/mol. The Bertz CT molecular complexity index is 1450. The molecule has 1 aliphatic heterocycles. The number of para-hydroxylation sites is 1. The fourth-order valence-corrected chi connectivity index (χ4v) is 5.06. The Hall–Kier alpha value is -4.46. The van der Waals surface area contributed by atoms with Crippen LogP contribution in [0.4, 0.5) is 0 Å². The van der Waals surface area contributed by atoms with Gasteiger partial charge < -0.3 is 41.4 Å². The maximum atomic E-state index is 13.9. The molecule has 3 rings (SSSR count). The first kappa shape index (κ1) is 36.0. The fraction of sp³-hybridized carbons (Fsp3) is 0.562. The van der Waals surface area contributed by atoms with Crippen LogP contribution in [0.5, 0.6) is 0 Å². The van der Waals surface area contributed by atoms with Gasteiger partial charge in [-0.3, -0.25) is 28.8 Å². The molecular weight excluding hydrogens is 596 g/mol. The molecule has 0 bridgehead atoms. The zero-order valence-corrected chi connectivity index (χ0v) is 27.4. The van der Waals surface area contributed by atoms with Gasteiger partial charge in [0.15, 0.2) is 0 Å². The number of carbonyl (C=O) groups is 6. The molecule has 0 aliphatic carbocycles. The third-order valence-corrected chi connectivity index (χ3v) is 7.31. The molecule has 1 saturated heterocycles. The standard InChI is InChI=1S/C32H46N6O8/c1-16(2)12-22-29(43)35-23(13-19-15-33-21-11-9-8-10-20(19)21)30(44)36-24(14-25(40)46-32(5,6)7)28(42)34-17(3)27(41)38-26(18(4)39)31(45)37-22/h8-11,15-18,22-24,26,33,39H,12-14H2,1-7H3,(H,34,42)(H,35,43)(H,36,44)(H,37,45)(H,38,41)/t17-,18+,22-,23+,24+,26+/m0/s1. The molecule has 6 atom stereocenters. The van der Waals surface area contributed by atoms with E-state index < -0.39 is 83.8 Å². The van der Waals surface area contributed by atoms with E-state index in [1.165, 1.54) is 13.8 Å². The van der Waals surface area contributed by atoms with E-state index in [9.17, 15) is 33.9 Å². The highest BCUT2D eigenvalue weighted by atomic mass is 16.6. The van der Waals surface area contributed by atoms with Crippen molar-refractivity contribution >= 4 is 46.4 Å². The first-order chi connectivity index (χ1) is 21.4. The minimum atomic E-state index is -1.48. The number of aromatic amines is 1. The van der Waals surface area contributed by atoms with E-state index in [0.29, 0.717) is 5.56 Å². The summed E-state index contributed by atoms with van der Waals surface area (Å²) >= 11 is 0. The van der Waals surface area contributed by atoms with Crippen molar-refractivity contribution in [3.63, 3.8) is 0 Å². The molecule has 1 aromatic carbocycles. The van der Waals surface area contributed by atoms with E-state index >= 15 is 0 Å². The predicted molar refractivity (Wildman–Crippen MR) is 169 cm³/mol. The normalized spacial score (nSPS) is 24.5. The number of ether oxygens (including phenoxy) is 1. The third kappa shape index (κ3) is 10.0. The molecule has 5 amide bonds. The second-order valence-corrected chi connectivity index (χ2v) is 13.1. The van der Waals surface area contributed by atoms with Crippen LogP contribution in [0.1, 0.15) is 66.9 Å². The van der Waals surface area contributed by atoms with Crippen molar-refractivity contribution in [1.82, 2.24) is 31.6 Å². The van der Waals surface area contributed by atoms with Crippen molar-refractivity contribution in [1.29, 1.82) is 0 Å². The summed E-state index contributed by atoms with van der Waals surface area (Å²) in [6.07, 6.45) is -0.0369. The van der Waals surface area contributed by atoms with Gasteiger partial charge in [0.05, 0.1) is 12.5 Å². The summed E-state index contributed by atoms with van der Waals surface area (Å²) < 4.78 is 5.38. The van der Waals surface area contributed by atoms with Crippen LogP contribution in [0.25, 0.3) is 10.9 Å². The molecule has 1 aliphatic rings. The highest BCUT2D eigenvalue weighted by Gasteiger charge is 2.36. The summed E-state index contributed by atoms with van der Waals surface area (Å²) in [6, 6.07) is 0.834. The highest BCUT2D eigenvalue weighted by Crippen LogP contribution is 2.20. The van der Waals surface area contributed by atoms with E-state index in [0.717, 1.165) is 10.9 Å². The lowest BCUT2D eigenvalue weighted by atomic mass is 10.00. The number of aromatic nitrogens is 1. The van der Waals surface area contributed by atoms with E-state index in [2.05, 4.69) is 31.6 Å². The maximum Gasteiger partial charge on any atom is 0.308 e. The molecule has 14 heteroatoms. The lowest BCUT2D eigenvalue weighted by Crippen LogP contribution is -2.60. The van der Waals surface area contributed by atoms with E-state index in [1.807, 2.05) is 38.1 Å². The molecule has 2 aromatic rings. The Morgan fingerprint density at radius 3 is 2.04 bits per heavy atom. The lowest BCUT2D eigenvalue weighted by Gasteiger charge is -2.27. The van der Waals surface area contributed by atoms with Gasteiger partial charge in [0, 0.05) is 23.5 Å². The van der Waals surface area contributed by atoms with Crippen molar-refractivity contribution < 1.29 is 38.6 Å². The minimum Gasteiger partial charge on any atom is -0.460 e. The van der Waals surface area contributed by atoms with Crippen LogP contribution in [0.3, 0.4) is 0 Å². The quantitative estimate of drug-likeness (QED) is 0.209. The average Bonchev–Trinajstić information content (AvgIpc) is 3.35. The third-order valence-electron chi connectivity index (χ3n) is 7.31. The van der Waals surface area contributed by atoms with Gasteiger partial charge in [-0.25, -0.2) is 0 Å².